The number of benzene rings is 1. The summed E-state index contributed by atoms with van der Waals surface area (Å²) in [6.45, 7) is 10.6. The minimum Gasteiger partial charge on any atom is -0.316 e. The molecule has 2 rings (SSSR count). The molecule has 0 bridgehead atoms. The number of piperidine rings is 1. The van der Waals surface area contributed by atoms with E-state index >= 15 is 0 Å². The van der Waals surface area contributed by atoms with Crippen LogP contribution in [-0.2, 0) is 6.42 Å². The van der Waals surface area contributed by atoms with Gasteiger partial charge in [0.2, 0.25) is 0 Å². The van der Waals surface area contributed by atoms with Crippen LogP contribution in [0.3, 0.4) is 0 Å². The first-order valence-corrected chi connectivity index (χ1v) is 8.25. The molecule has 1 N–H and O–H groups in total. The number of aryl methyl sites for hydroxylation is 2. The van der Waals surface area contributed by atoms with Crippen molar-refractivity contribution in [3.8, 4) is 0 Å². The maximum atomic E-state index is 3.59. The van der Waals surface area contributed by atoms with E-state index < -0.39 is 0 Å². The summed E-state index contributed by atoms with van der Waals surface area (Å²) in [5, 5.41) is 3.59. The largest absolute Gasteiger partial charge is 0.316 e. The molecule has 1 heterocycles. The van der Waals surface area contributed by atoms with Gasteiger partial charge in [0.15, 0.2) is 0 Å². The van der Waals surface area contributed by atoms with Crippen molar-refractivity contribution in [3.05, 3.63) is 34.9 Å². The molecule has 112 valence electrons. The van der Waals surface area contributed by atoms with Gasteiger partial charge in [-0.15, -0.1) is 0 Å². The Morgan fingerprint density at radius 1 is 1.05 bits per heavy atom. The molecule has 0 radical (unpaired) electrons. The van der Waals surface area contributed by atoms with E-state index in [-0.39, 0.29) is 0 Å². The molecule has 1 aromatic carbocycles. The zero-order chi connectivity index (χ0) is 14.2. The highest BCUT2D eigenvalue weighted by Crippen LogP contribution is 2.11. The minimum absolute atomic E-state index is 1.10. The van der Waals surface area contributed by atoms with E-state index in [0.29, 0.717) is 0 Å². The Labute approximate surface area is 124 Å². The number of hydrogen-bond donors (Lipinski definition) is 1. The van der Waals surface area contributed by atoms with Crippen molar-refractivity contribution in [2.24, 2.45) is 0 Å². The van der Waals surface area contributed by atoms with Crippen LogP contribution in [0.1, 0.15) is 42.4 Å². The Balaban J connectivity index is 1.56. The van der Waals surface area contributed by atoms with Gasteiger partial charge in [-0.05, 0) is 83.4 Å². The van der Waals surface area contributed by atoms with Crippen LogP contribution in [0.2, 0.25) is 0 Å². The maximum absolute atomic E-state index is 3.59. The summed E-state index contributed by atoms with van der Waals surface area (Å²) in [4.78, 5) is 2.62. The van der Waals surface area contributed by atoms with Crippen LogP contribution >= 0.6 is 0 Å². The van der Waals surface area contributed by atoms with Crippen molar-refractivity contribution in [1.82, 2.24) is 10.2 Å². The van der Waals surface area contributed by atoms with E-state index in [1.54, 1.807) is 0 Å². The lowest BCUT2D eigenvalue weighted by Gasteiger charge is -2.26. The molecule has 0 saturated carbocycles. The van der Waals surface area contributed by atoms with Crippen LogP contribution in [0.5, 0.6) is 0 Å². The summed E-state index contributed by atoms with van der Waals surface area (Å²) >= 11 is 0. The topological polar surface area (TPSA) is 15.3 Å². The van der Waals surface area contributed by atoms with Crippen LogP contribution < -0.4 is 5.32 Å². The monoisotopic (exact) mass is 274 g/mol. The van der Waals surface area contributed by atoms with E-state index in [9.17, 15) is 0 Å². The van der Waals surface area contributed by atoms with Crippen molar-refractivity contribution in [3.63, 3.8) is 0 Å². The van der Waals surface area contributed by atoms with Crippen molar-refractivity contribution >= 4 is 0 Å². The molecule has 1 aliphatic rings. The van der Waals surface area contributed by atoms with E-state index in [2.05, 4.69) is 42.3 Å². The zero-order valence-electron chi connectivity index (χ0n) is 13.3. The first kappa shape index (κ1) is 15.5. The standard InChI is InChI=1S/C18H30N2/c1-16-7-8-17(2)18(15-16)9-11-19-10-6-14-20-12-4-3-5-13-20/h7-8,15,19H,3-6,9-14H2,1-2H3. The molecule has 1 aliphatic heterocycles. The van der Waals surface area contributed by atoms with E-state index in [0.717, 1.165) is 19.5 Å². The minimum atomic E-state index is 1.10. The first-order chi connectivity index (χ1) is 9.75. The molecular weight excluding hydrogens is 244 g/mol. The van der Waals surface area contributed by atoms with Gasteiger partial charge in [-0.1, -0.05) is 30.2 Å². The van der Waals surface area contributed by atoms with Crippen LogP contribution in [0.25, 0.3) is 0 Å². The summed E-state index contributed by atoms with van der Waals surface area (Å²) in [5.41, 5.74) is 4.29. The second-order valence-corrected chi connectivity index (χ2v) is 6.19. The third-order valence-corrected chi connectivity index (χ3v) is 4.35. The Bertz CT molecular complexity index is 394. The molecule has 0 spiro atoms. The van der Waals surface area contributed by atoms with Crippen LogP contribution in [0.4, 0.5) is 0 Å². The highest BCUT2D eigenvalue weighted by atomic mass is 15.1. The van der Waals surface area contributed by atoms with Crippen molar-refractivity contribution < 1.29 is 0 Å². The predicted octanol–water partition coefficient (Wildman–Crippen LogP) is 3.31. The Kier molecular flexibility index (Phi) is 6.55. The summed E-state index contributed by atoms with van der Waals surface area (Å²) in [7, 11) is 0. The lowest BCUT2D eigenvalue weighted by Crippen LogP contribution is -2.32. The Morgan fingerprint density at radius 3 is 2.65 bits per heavy atom. The fraction of sp³-hybridized carbons (Fsp3) is 0.667. The van der Waals surface area contributed by atoms with Crippen LogP contribution in [0.15, 0.2) is 18.2 Å². The number of likely N-dealkylation sites (tertiary alicyclic amines) is 1. The zero-order valence-corrected chi connectivity index (χ0v) is 13.3. The predicted molar refractivity (Wildman–Crippen MR) is 87.4 cm³/mol. The quantitative estimate of drug-likeness (QED) is 0.767. The van der Waals surface area contributed by atoms with Gasteiger partial charge in [-0.2, -0.15) is 0 Å². The summed E-state index contributed by atoms with van der Waals surface area (Å²) in [6.07, 6.45) is 6.68. The van der Waals surface area contributed by atoms with Gasteiger partial charge < -0.3 is 10.2 Å². The summed E-state index contributed by atoms with van der Waals surface area (Å²) < 4.78 is 0. The lowest BCUT2D eigenvalue weighted by atomic mass is 10.0. The summed E-state index contributed by atoms with van der Waals surface area (Å²) in [5.74, 6) is 0. The van der Waals surface area contributed by atoms with Crippen molar-refractivity contribution in [2.75, 3.05) is 32.7 Å². The summed E-state index contributed by atoms with van der Waals surface area (Å²) in [6, 6.07) is 6.76. The third-order valence-electron chi connectivity index (χ3n) is 4.35. The molecular formula is C18H30N2. The van der Waals surface area contributed by atoms with E-state index in [1.165, 1.54) is 62.0 Å². The Morgan fingerprint density at radius 2 is 1.85 bits per heavy atom. The molecule has 0 aliphatic carbocycles. The fourth-order valence-corrected chi connectivity index (χ4v) is 3.03. The molecule has 0 aromatic heterocycles. The van der Waals surface area contributed by atoms with Gasteiger partial charge in [0.05, 0.1) is 0 Å². The second-order valence-electron chi connectivity index (χ2n) is 6.19. The molecule has 1 saturated heterocycles. The average Bonchev–Trinajstić information content (AvgIpc) is 2.47. The number of nitrogens with one attached hydrogen (secondary N) is 1. The number of hydrogen-bond acceptors (Lipinski definition) is 2. The first-order valence-electron chi connectivity index (χ1n) is 8.25. The maximum Gasteiger partial charge on any atom is -0.000664 e. The normalized spacial score (nSPS) is 16.5. The smallest absolute Gasteiger partial charge is 0.000664 e. The van der Waals surface area contributed by atoms with Gasteiger partial charge in [-0.3, -0.25) is 0 Å². The highest BCUT2D eigenvalue weighted by molar-refractivity contribution is 5.30. The number of nitrogens with zero attached hydrogens (tertiary/aromatic N) is 1. The van der Waals surface area contributed by atoms with Gasteiger partial charge in [0.1, 0.15) is 0 Å². The molecule has 0 amide bonds. The van der Waals surface area contributed by atoms with Crippen LogP contribution in [0, 0.1) is 13.8 Å². The molecule has 0 atom stereocenters. The van der Waals surface area contributed by atoms with Gasteiger partial charge in [-0.25, -0.2) is 0 Å². The van der Waals surface area contributed by atoms with Crippen LogP contribution in [-0.4, -0.2) is 37.6 Å². The molecule has 20 heavy (non-hydrogen) atoms. The second kappa shape index (κ2) is 8.43. The lowest BCUT2D eigenvalue weighted by molar-refractivity contribution is 0.226. The highest BCUT2D eigenvalue weighted by Gasteiger charge is 2.08. The molecule has 2 nitrogen and oxygen atoms in total. The number of rotatable bonds is 7. The van der Waals surface area contributed by atoms with Gasteiger partial charge >= 0.3 is 0 Å². The van der Waals surface area contributed by atoms with E-state index in [1.807, 2.05) is 0 Å². The molecule has 0 unspecified atom stereocenters. The average molecular weight is 274 g/mol. The molecule has 1 fully saturated rings. The Hall–Kier alpha value is -0.860. The van der Waals surface area contributed by atoms with Crippen molar-refractivity contribution in [2.45, 2.75) is 46.0 Å². The van der Waals surface area contributed by atoms with Crippen molar-refractivity contribution in [1.29, 1.82) is 0 Å². The van der Waals surface area contributed by atoms with Gasteiger partial charge in [0, 0.05) is 0 Å². The third kappa shape index (κ3) is 5.26. The SMILES string of the molecule is Cc1ccc(C)c(CCNCCCN2CCCCC2)c1. The van der Waals surface area contributed by atoms with E-state index in [4.69, 9.17) is 0 Å². The molecule has 1 aromatic rings. The van der Waals surface area contributed by atoms with Gasteiger partial charge in [0.25, 0.3) is 0 Å². The fourth-order valence-electron chi connectivity index (χ4n) is 3.03. The molecule has 2 heteroatoms.